The van der Waals surface area contributed by atoms with Crippen LogP contribution in [0.25, 0.3) is 0 Å². The first-order valence-corrected chi connectivity index (χ1v) is 7.64. The zero-order chi connectivity index (χ0) is 13.6. The minimum absolute atomic E-state index is 0.00689. The summed E-state index contributed by atoms with van der Waals surface area (Å²) in [7, 11) is -3.00. The van der Waals surface area contributed by atoms with Crippen molar-refractivity contribution in [2.24, 2.45) is 5.16 Å². The molecule has 1 rings (SSSR count). The zero-order valence-corrected chi connectivity index (χ0v) is 11.3. The quantitative estimate of drug-likeness (QED) is 0.485. The molecule has 0 aliphatic rings. The smallest absolute Gasteiger partial charge is 0.150 e. The molecule has 0 spiro atoms. The third-order valence-electron chi connectivity index (χ3n) is 2.37. The maximum absolute atomic E-state index is 10.9. The first kappa shape index (κ1) is 14.5. The molecule has 0 amide bonds. The molecular formula is C12H17NO4S. The van der Waals surface area contributed by atoms with E-state index in [1.54, 1.807) is 24.3 Å². The summed E-state index contributed by atoms with van der Waals surface area (Å²) in [6.45, 7) is 2.03. The molecule has 1 N–H and O–H groups in total. The Morgan fingerprint density at radius 3 is 2.39 bits per heavy atom. The monoisotopic (exact) mass is 271 g/mol. The predicted molar refractivity (Wildman–Crippen MR) is 70.3 cm³/mol. The molecule has 100 valence electrons. The molecule has 0 unspecified atom stereocenters. The van der Waals surface area contributed by atoms with Crippen LogP contribution in [0.4, 0.5) is 0 Å². The molecule has 6 heteroatoms. The Labute approximate surface area is 107 Å². The van der Waals surface area contributed by atoms with Gasteiger partial charge in [0.15, 0.2) is 9.84 Å². The van der Waals surface area contributed by atoms with Crippen molar-refractivity contribution in [1.82, 2.24) is 0 Å². The van der Waals surface area contributed by atoms with Crippen molar-refractivity contribution in [3.05, 3.63) is 29.8 Å². The number of ether oxygens (including phenoxy) is 1. The fraction of sp³-hybridized carbons (Fsp3) is 0.417. The number of hydrogen-bond donors (Lipinski definition) is 1. The van der Waals surface area contributed by atoms with Gasteiger partial charge >= 0.3 is 0 Å². The number of rotatable bonds is 6. The molecule has 0 heterocycles. The Balaban J connectivity index is 2.61. The maximum atomic E-state index is 10.9. The Morgan fingerprint density at radius 1 is 1.33 bits per heavy atom. The van der Waals surface area contributed by atoms with Gasteiger partial charge in [-0.1, -0.05) is 12.1 Å². The fourth-order valence-corrected chi connectivity index (χ4v) is 1.77. The molecule has 0 saturated carbocycles. The molecule has 0 bridgehead atoms. The third kappa shape index (κ3) is 4.75. The summed E-state index contributed by atoms with van der Waals surface area (Å²) >= 11 is 0. The standard InChI is InChI=1S/C12H17NO4S/c1-3-12(13-14)10-4-6-11(7-5-10)17-8-9-18(2,15)16/h4-7,14H,3,8-9H2,1-2H3/b13-12+. The predicted octanol–water partition coefficient (Wildman–Crippen LogP) is 1.70. The summed E-state index contributed by atoms with van der Waals surface area (Å²) in [6, 6.07) is 6.99. The van der Waals surface area contributed by atoms with Gasteiger partial charge in [-0.2, -0.15) is 0 Å². The Bertz CT molecular complexity index is 505. The van der Waals surface area contributed by atoms with Crippen molar-refractivity contribution in [3.63, 3.8) is 0 Å². The minimum Gasteiger partial charge on any atom is -0.493 e. The molecule has 18 heavy (non-hydrogen) atoms. The molecule has 1 aromatic rings. The lowest BCUT2D eigenvalue weighted by molar-refractivity contribution is 0.318. The molecular weight excluding hydrogens is 254 g/mol. The second-order valence-corrected chi connectivity index (χ2v) is 6.16. The van der Waals surface area contributed by atoms with E-state index in [0.717, 1.165) is 5.56 Å². The van der Waals surface area contributed by atoms with Crippen LogP contribution in [0.1, 0.15) is 18.9 Å². The van der Waals surface area contributed by atoms with Crippen molar-refractivity contribution < 1.29 is 18.4 Å². The molecule has 0 fully saturated rings. The molecule has 0 atom stereocenters. The number of oxime groups is 1. The lowest BCUT2D eigenvalue weighted by atomic mass is 10.1. The number of nitrogens with zero attached hydrogens (tertiary/aromatic N) is 1. The average molecular weight is 271 g/mol. The SMILES string of the molecule is CC/C(=N\O)c1ccc(OCCS(C)(=O)=O)cc1. The lowest BCUT2D eigenvalue weighted by Crippen LogP contribution is -2.12. The largest absolute Gasteiger partial charge is 0.493 e. The van der Waals surface area contributed by atoms with Crippen LogP contribution < -0.4 is 4.74 Å². The van der Waals surface area contributed by atoms with Gasteiger partial charge in [-0.15, -0.1) is 0 Å². The topological polar surface area (TPSA) is 76.0 Å². The highest BCUT2D eigenvalue weighted by atomic mass is 32.2. The van der Waals surface area contributed by atoms with Crippen LogP contribution in [-0.4, -0.2) is 38.0 Å². The van der Waals surface area contributed by atoms with E-state index >= 15 is 0 Å². The van der Waals surface area contributed by atoms with E-state index in [4.69, 9.17) is 9.94 Å². The van der Waals surface area contributed by atoms with Crippen LogP contribution in [0.2, 0.25) is 0 Å². The van der Waals surface area contributed by atoms with E-state index in [2.05, 4.69) is 5.16 Å². The fourth-order valence-electron chi connectivity index (χ4n) is 1.39. The summed E-state index contributed by atoms with van der Waals surface area (Å²) in [5, 5.41) is 12.0. The van der Waals surface area contributed by atoms with Crippen LogP contribution in [-0.2, 0) is 9.84 Å². The van der Waals surface area contributed by atoms with Crippen molar-refractivity contribution in [1.29, 1.82) is 0 Å². The van der Waals surface area contributed by atoms with E-state index in [1.807, 2.05) is 6.92 Å². The van der Waals surface area contributed by atoms with Crippen LogP contribution >= 0.6 is 0 Å². The Kier molecular flexibility index (Phi) is 5.15. The highest BCUT2D eigenvalue weighted by Gasteiger charge is 2.04. The van der Waals surface area contributed by atoms with E-state index < -0.39 is 9.84 Å². The molecule has 1 aromatic carbocycles. The molecule has 0 saturated heterocycles. The van der Waals surface area contributed by atoms with E-state index in [9.17, 15) is 8.42 Å². The Morgan fingerprint density at radius 2 is 1.94 bits per heavy atom. The number of benzene rings is 1. The molecule has 0 aliphatic carbocycles. The van der Waals surface area contributed by atoms with Gasteiger partial charge < -0.3 is 9.94 Å². The van der Waals surface area contributed by atoms with Crippen LogP contribution in [0.3, 0.4) is 0 Å². The van der Waals surface area contributed by atoms with Crippen molar-refractivity contribution in [3.8, 4) is 5.75 Å². The number of sulfone groups is 1. The van der Waals surface area contributed by atoms with E-state index in [0.29, 0.717) is 17.9 Å². The Hall–Kier alpha value is -1.56. The highest BCUT2D eigenvalue weighted by Crippen LogP contribution is 2.13. The van der Waals surface area contributed by atoms with E-state index in [-0.39, 0.29) is 12.4 Å². The molecule has 5 nitrogen and oxygen atoms in total. The van der Waals surface area contributed by atoms with Gasteiger partial charge in [0.1, 0.15) is 12.4 Å². The zero-order valence-electron chi connectivity index (χ0n) is 10.5. The average Bonchev–Trinajstić information content (AvgIpc) is 2.31. The summed E-state index contributed by atoms with van der Waals surface area (Å²) < 4.78 is 27.1. The van der Waals surface area contributed by atoms with Crippen LogP contribution in [0.15, 0.2) is 29.4 Å². The first-order chi connectivity index (χ1) is 8.46. The van der Waals surface area contributed by atoms with Crippen LogP contribution in [0, 0.1) is 0 Å². The summed E-state index contributed by atoms with van der Waals surface area (Å²) in [5.41, 5.74) is 1.41. The van der Waals surface area contributed by atoms with Crippen LogP contribution in [0.5, 0.6) is 5.75 Å². The van der Waals surface area contributed by atoms with Gasteiger partial charge in [0.2, 0.25) is 0 Å². The summed E-state index contributed by atoms with van der Waals surface area (Å²) in [4.78, 5) is 0. The van der Waals surface area contributed by atoms with Gasteiger partial charge in [-0.05, 0) is 36.2 Å². The van der Waals surface area contributed by atoms with Crippen molar-refractivity contribution in [2.75, 3.05) is 18.6 Å². The first-order valence-electron chi connectivity index (χ1n) is 5.58. The van der Waals surface area contributed by atoms with Gasteiger partial charge in [0, 0.05) is 6.26 Å². The normalized spacial score (nSPS) is 12.4. The second-order valence-electron chi connectivity index (χ2n) is 3.90. The van der Waals surface area contributed by atoms with Crippen molar-refractivity contribution in [2.45, 2.75) is 13.3 Å². The summed E-state index contributed by atoms with van der Waals surface area (Å²) in [5.74, 6) is 0.586. The highest BCUT2D eigenvalue weighted by molar-refractivity contribution is 7.90. The lowest BCUT2D eigenvalue weighted by Gasteiger charge is -2.06. The second kappa shape index (κ2) is 6.39. The molecule has 0 aliphatic heterocycles. The molecule has 0 radical (unpaired) electrons. The summed E-state index contributed by atoms with van der Waals surface area (Å²) in [6.07, 6.45) is 1.80. The van der Waals surface area contributed by atoms with Gasteiger partial charge in [-0.3, -0.25) is 0 Å². The van der Waals surface area contributed by atoms with Crippen molar-refractivity contribution >= 4 is 15.5 Å². The van der Waals surface area contributed by atoms with Gasteiger partial charge in [0.05, 0.1) is 11.5 Å². The van der Waals surface area contributed by atoms with Gasteiger partial charge in [0.25, 0.3) is 0 Å². The van der Waals surface area contributed by atoms with Gasteiger partial charge in [-0.25, -0.2) is 8.42 Å². The third-order valence-corrected chi connectivity index (χ3v) is 3.27. The minimum atomic E-state index is -3.00. The molecule has 0 aromatic heterocycles. The number of hydrogen-bond acceptors (Lipinski definition) is 5. The maximum Gasteiger partial charge on any atom is 0.150 e. The van der Waals surface area contributed by atoms with E-state index in [1.165, 1.54) is 6.26 Å².